The van der Waals surface area contributed by atoms with Crippen molar-refractivity contribution in [3.63, 3.8) is 0 Å². The standard InChI is InChI=1S/C73H46BN5/c1-5-17-47(18-6-1)49-29-35-56(36-30-49)78-66-45-55(73-76-71(53-23-9-3-10-24-53)75-72(77-73)54-25-11-4-12-26-54)46-67-68(66)74(64-43-41-60-58-27-15-13-21-51(58)33-39-62(60)69(64)78)65-44-42-61-59-28-16-14-22-52(59)34-40-63(61)70(65)79(67)57-37-31-50(32-38-57)48-19-7-2-8-20-48/h1-46H. The van der Waals surface area contributed by atoms with Gasteiger partial charge in [-0.25, -0.2) is 15.0 Å². The SMILES string of the molecule is c1ccc(-c2ccc(N3c4cc(-c5nc(-c6ccccc6)nc(-c6ccccc6)n5)cc5c4B(c4ccc6c(ccc7ccccc76)c43)c3ccc4c(ccc6ccccc64)c3N5c3ccc(-c4ccccc4)cc3)cc2)cc1. The van der Waals surface area contributed by atoms with E-state index in [9.17, 15) is 0 Å². The maximum atomic E-state index is 5.44. The summed E-state index contributed by atoms with van der Waals surface area (Å²) in [6.45, 7) is -0.159. The summed E-state index contributed by atoms with van der Waals surface area (Å²) < 4.78 is 0. The van der Waals surface area contributed by atoms with Gasteiger partial charge in [-0.15, -0.1) is 0 Å². The number of nitrogens with zero attached hydrogens (tertiary/aromatic N) is 5. The van der Waals surface area contributed by atoms with Gasteiger partial charge in [-0.05, 0) is 107 Å². The normalized spacial score (nSPS) is 12.5. The van der Waals surface area contributed by atoms with Crippen LogP contribution in [0.5, 0.6) is 0 Å². The van der Waals surface area contributed by atoms with Crippen molar-refractivity contribution in [3.05, 3.63) is 279 Å². The van der Waals surface area contributed by atoms with Gasteiger partial charge in [-0.1, -0.05) is 243 Å². The number of hydrogen-bond acceptors (Lipinski definition) is 5. The molecular formula is C73H46BN5. The van der Waals surface area contributed by atoms with Crippen LogP contribution in [0.4, 0.5) is 34.1 Å². The summed E-state index contributed by atoms with van der Waals surface area (Å²) in [7, 11) is 0. The molecule has 0 atom stereocenters. The van der Waals surface area contributed by atoms with Crippen molar-refractivity contribution in [1.82, 2.24) is 15.0 Å². The molecule has 2 aliphatic heterocycles. The first-order valence-corrected chi connectivity index (χ1v) is 27.0. The van der Waals surface area contributed by atoms with Crippen LogP contribution in [0.25, 0.3) is 99.5 Å². The quantitative estimate of drug-likeness (QED) is 0.118. The van der Waals surface area contributed by atoms with Crippen LogP contribution < -0.4 is 26.2 Å². The van der Waals surface area contributed by atoms with Gasteiger partial charge in [0, 0.05) is 61.6 Å². The summed E-state index contributed by atoms with van der Waals surface area (Å²) in [5.41, 5.74) is 17.6. The molecule has 0 spiro atoms. The van der Waals surface area contributed by atoms with Gasteiger partial charge in [0.1, 0.15) is 0 Å². The van der Waals surface area contributed by atoms with Crippen LogP contribution in [0.15, 0.2) is 279 Å². The molecule has 2 aliphatic rings. The molecule has 0 saturated carbocycles. The molecule has 0 bridgehead atoms. The summed E-state index contributed by atoms with van der Waals surface area (Å²) >= 11 is 0. The van der Waals surface area contributed by atoms with E-state index in [-0.39, 0.29) is 6.71 Å². The Morgan fingerprint density at radius 1 is 0.253 bits per heavy atom. The summed E-state index contributed by atoms with van der Waals surface area (Å²) in [6, 6.07) is 101. The summed E-state index contributed by atoms with van der Waals surface area (Å²) in [5.74, 6) is 1.81. The number of aromatic nitrogens is 3. The average molecular weight is 1000 g/mol. The molecule has 0 saturated heterocycles. The molecule has 14 aromatic rings. The summed E-state index contributed by atoms with van der Waals surface area (Å²) in [4.78, 5) is 21.1. The second kappa shape index (κ2) is 18.1. The molecule has 79 heavy (non-hydrogen) atoms. The Kier molecular flexibility index (Phi) is 10.3. The molecule has 0 amide bonds. The molecule has 0 aliphatic carbocycles. The van der Waals surface area contributed by atoms with Crippen molar-refractivity contribution < 1.29 is 0 Å². The Morgan fingerprint density at radius 2 is 0.595 bits per heavy atom. The van der Waals surface area contributed by atoms with Gasteiger partial charge < -0.3 is 9.80 Å². The molecular weight excluding hydrogens is 958 g/mol. The topological polar surface area (TPSA) is 45.2 Å². The van der Waals surface area contributed by atoms with Crippen LogP contribution in [-0.2, 0) is 0 Å². The zero-order valence-corrected chi connectivity index (χ0v) is 42.9. The fourth-order valence-electron chi connectivity index (χ4n) is 12.6. The number of hydrogen-bond donors (Lipinski definition) is 0. The molecule has 3 heterocycles. The smallest absolute Gasteiger partial charge is 0.252 e. The maximum Gasteiger partial charge on any atom is 0.252 e. The van der Waals surface area contributed by atoms with Crippen molar-refractivity contribution >= 4 is 100 Å². The van der Waals surface area contributed by atoms with Gasteiger partial charge in [0.05, 0.1) is 0 Å². The highest BCUT2D eigenvalue weighted by atomic mass is 15.2. The molecule has 16 rings (SSSR count). The van der Waals surface area contributed by atoms with E-state index in [0.29, 0.717) is 17.5 Å². The highest BCUT2D eigenvalue weighted by molar-refractivity contribution is 7.01. The lowest BCUT2D eigenvalue weighted by Gasteiger charge is -2.45. The highest BCUT2D eigenvalue weighted by Crippen LogP contribution is 2.50. The van der Waals surface area contributed by atoms with Crippen molar-refractivity contribution in [2.75, 3.05) is 9.80 Å². The third-order valence-electron chi connectivity index (χ3n) is 16.3. The predicted octanol–water partition coefficient (Wildman–Crippen LogP) is 16.9. The van der Waals surface area contributed by atoms with Crippen LogP contribution in [-0.4, -0.2) is 21.7 Å². The number of anilines is 6. The Labute approximate surface area is 458 Å². The van der Waals surface area contributed by atoms with Gasteiger partial charge in [0.2, 0.25) is 0 Å². The third-order valence-corrected chi connectivity index (χ3v) is 16.3. The van der Waals surface area contributed by atoms with Gasteiger partial charge in [0.25, 0.3) is 6.71 Å². The molecule has 0 fully saturated rings. The van der Waals surface area contributed by atoms with E-state index < -0.39 is 0 Å². The number of fused-ring (bicyclic) bond motifs is 12. The summed E-state index contributed by atoms with van der Waals surface area (Å²) in [5, 5.41) is 9.66. The van der Waals surface area contributed by atoms with E-state index in [0.717, 1.165) is 61.9 Å². The Morgan fingerprint density at radius 3 is 1.01 bits per heavy atom. The van der Waals surface area contributed by atoms with Crippen molar-refractivity contribution in [3.8, 4) is 56.4 Å². The zero-order chi connectivity index (χ0) is 52.0. The molecule has 1 aromatic heterocycles. The third kappa shape index (κ3) is 7.30. The Bertz CT molecular complexity index is 4410. The van der Waals surface area contributed by atoms with Gasteiger partial charge >= 0.3 is 0 Å². The van der Waals surface area contributed by atoms with Crippen LogP contribution >= 0.6 is 0 Å². The molecule has 13 aromatic carbocycles. The maximum absolute atomic E-state index is 5.44. The average Bonchev–Trinajstić information content (AvgIpc) is 3.68. The molecule has 0 unspecified atom stereocenters. The second-order valence-corrected chi connectivity index (χ2v) is 20.7. The lowest BCUT2D eigenvalue weighted by Crippen LogP contribution is -2.61. The summed E-state index contributed by atoms with van der Waals surface area (Å²) in [6.07, 6.45) is 0. The first kappa shape index (κ1) is 44.8. The molecule has 6 heteroatoms. The number of rotatable bonds is 7. The Balaban J connectivity index is 1.04. The van der Waals surface area contributed by atoms with Crippen molar-refractivity contribution in [1.29, 1.82) is 0 Å². The van der Waals surface area contributed by atoms with Crippen molar-refractivity contribution in [2.45, 2.75) is 0 Å². The highest BCUT2D eigenvalue weighted by Gasteiger charge is 2.45. The van der Waals surface area contributed by atoms with E-state index in [4.69, 9.17) is 15.0 Å². The first-order valence-electron chi connectivity index (χ1n) is 27.0. The fraction of sp³-hybridized carbons (Fsp3) is 0. The molecule has 366 valence electrons. The molecule has 5 nitrogen and oxygen atoms in total. The van der Waals surface area contributed by atoms with Crippen LogP contribution in [0.1, 0.15) is 0 Å². The van der Waals surface area contributed by atoms with Gasteiger partial charge in [-0.2, -0.15) is 0 Å². The number of benzene rings is 13. The fourth-order valence-corrected chi connectivity index (χ4v) is 12.6. The lowest BCUT2D eigenvalue weighted by atomic mass is 9.33. The van der Waals surface area contributed by atoms with Crippen molar-refractivity contribution in [2.24, 2.45) is 0 Å². The minimum atomic E-state index is -0.159. The van der Waals surface area contributed by atoms with Gasteiger partial charge in [0.15, 0.2) is 17.5 Å². The Hall–Kier alpha value is -10.4. The van der Waals surface area contributed by atoms with Crippen LogP contribution in [0.3, 0.4) is 0 Å². The second-order valence-electron chi connectivity index (χ2n) is 20.7. The lowest BCUT2D eigenvalue weighted by molar-refractivity contribution is 1.07. The molecule has 0 N–H and O–H groups in total. The van der Waals surface area contributed by atoms with E-state index in [1.165, 1.54) is 70.6 Å². The van der Waals surface area contributed by atoms with Gasteiger partial charge in [-0.3, -0.25) is 0 Å². The largest absolute Gasteiger partial charge is 0.311 e. The first-order chi connectivity index (χ1) is 39.2. The van der Waals surface area contributed by atoms with E-state index in [1.807, 2.05) is 36.4 Å². The molecule has 0 radical (unpaired) electrons. The van der Waals surface area contributed by atoms with Crippen LogP contribution in [0.2, 0.25) is 0 Å². The van der Waals surface area contributed by atoms with E-state index in [2.05, 4.69) is 252 Å². The van der Waals surface area contributed by atoms with E-state index in [1.54, 1.807) is 0 Å². The zero-order valence-electron chi connectivity index (χ0n) is 42.9. The van der Waals surface area contributed by atoms with Crippen LogP contribution in [0, 0.1) is 0 Å². The predicted molar refractivity (Wildman–Crippen MR) is 331 cm³/mol. The minimum Gasteiger partial charge on any atom is -0.311 e. The minimum absolute atomic E-state index is 0.159. The van der Waals surface area contributed by atoms with E-state index >= 15 is 0 Å². The monoisotopic (exact) mass is 1000 g/mol.